The van der Waals surface area contributed by atoms with Crippen LogP contribution in [0.3, 0.4) is 0 Å². The minimum absolute atomic E-state index is 0.144. The van der Waals surface area contributed by atoms with Gasteiger partial charge in [0.1, 0.15) is 5.75 Å². The van der Waals surface area contributed by atoms with E-state index in [1.165, 1.54) is 0 Å². The average molecular weight is 250 g/mol. The molecule has 3 heteroatoms. The minimum atomic E-state index is -0.775. The molecule has 0 aliphatic rings. The summed E-state index contributed by atoms with van der Waals surface area (Å²) in [6.45, 7) is 9.43. The number of ether oxygens (including phenoxy) is 1. The Balaban J connectivity index is 2.88. The molecule has 0 amide bonds. The fourth-order valence-corrected chi connectivity index (χ4v) is 1.79. The van der Waals surface area contributed by atoms with Crippen LogP contribution in [0.4, 0.5) is 0 Å². The molecule has 0 aliphatic carbocycles. The Kier molecular flexibility index (Phi) is 4.38. The zero-order valence-corrected chi connectivity index (χ0v) is 11.8. The second-order valence-electron chi connectivity index (χ2n) is 5.63. The molecule has 0 atom stereocenters. The molecule has 1 aromatic rings. The van der Waals surface area contributed by atoms with Crippen molar-refractivity contribution in [3.8, 4) is 5.75 Å². The van der Waals surface area contributed by atoms with Crippen molar-refractivity contribution in [3.63, 3.8) is 0 Å². The van der Waals surface area contributed by atoms with E-state index >= 15 is 0 Å². The summed E-state index contributed by atoms with van der Waals surface area (Å²) in [7, 11) is 0. The van der Waals surface area contributed by atoms with Gasteiger partial charge in [0, 0.05) is 0 Å². The maximum atomic E-state index is 11.1. The fourth-order valence-electron chi connectivity index (χ4n) is 1.79. The van der Waals surface area contributed by atoms with E-state index in [0.717, 1.165) is 16.9 Å². The molecule has 0 radical (unpaired) electrons. The summed E-state index contributed by atoms with van der Waals surface area (Å²) < 4.78 is 5.66. The van der Waals surface area contributed by atoms with E-state index < -0.39 is 11.4 Å². The lowest BCUT2D eigenvalue weighted by molar-refractivity contribution is -0.146. The molecule has 0 aromatic heterocycles. The first-order chi connectivity index (χ1) is 8.22. The van der Waals surface area contributed by atoms with Gasteiger partial charge in [-0.3, -0.25) is 4.79 Å². The Morgan fingerprint density at radius 1 is 1.39 bits per heavy atom. The van der Waals surface area contributed by atoms with Gasteiger partial charge in [-0.25, -0.2) is 0 Å². The van der Waals surface area contributed by atoms with Gasteiger partial charge in [-0.1, -0.05) is 12.1 Å². The highest BCUT2D eigenvalue weighted by Crippen LogP contribution is 2.26. The van der Waals surface area contributed by atoms with Crippen LogP contribution in [0.25, 0.3) is 0 Å². The van der Waals surface area contributed by atoms with Crippen molar-refractivity contribution in [2.24, 2.45) is 5.41 Å². The lowest BCUT2D eigenvalue weighted by atomic mass is 9.85. The lowest BCUT2D eigenvalue weighted by Gasteiger charge is -2.20. The van der Waals surface area contributed by atoms with Crippen molar-refractivity contribution in [1.82, 2.24) is 0 Å². The molecule has 0 heterocycles. The van der Waals surface area contributed by atoms with Gasteiger partial charge < -0.3 is 9.84 Å². The van der Waals surface area contributed by atoms with Gasteiger partial charge in [0.2, 0.25) is 0 Å². The van der Waals surface area contributed by atoms with E-state index in [0.29, 0.717) is 6.42 Å². The molecule has 0 aliphatic heterocycles. The maximum Gasteiger partial charge on any atom is 0.309 e. The monoisotopic (exact) mass is 250 g/mol. The van der Waals surface area contributed by atoms with Crippen molar-refractivity contribution >= 4 is 5.97 Å². The van der Waals surface area contributed by atoms with Crippen LogP contribution in [-0.2, 0) is 11.2 Å². The molecule has 0 saturated carbocycles. The van der Waals surface area contributed by atoms with Crippen molar-refractivity contribution in [2.75, 3.05) is 0 Å². The van der Waals surface area contributed by atoms with Crippen molar-refractivity contribution in [2.45, 2.75) is 47.1 Å². The molecule has 1 N–H and O–H groups in total. The fraction of sp³-hybridized carbons (Fsp3) is 0.533. The van der Waals surface area contributed by atoms with Crippen LogP contribution >= 0.6 is 0 Å². The number of benzene rings is 1. The topological polar surface area (TPSA) is 46.5 Å². The smallest absolute Gasteiger partial charge is 0.309 e. The molecule has 18 heavy (non-hydrogen) atoms. The first-order valence-electron chi connectivity index (χ1n) is 6.22. The number of hydrogen-bond acceptors (Lipinski definition) is 2. The van der Waals surface area contributed by atoms with Crippen LogP contribution in [0.2, 0.25) is 0 Å². The van der Waals surface area contributed by atoms with Crippen molar-refractivity contribution in [1.29, 1.82) is 0 Å². The van der Waals surface area contributed by atoms with Crippen LogP contribution in [0.15, 0.2) is 18.2 Å². The minimum Gasteiger partial charge on any atom is -0.491 e. The first-order valence-corrected chi connectivity index (χ1v) is 6.22. The largest absolute Gasteiger partial charge is 0.491 e. The third-order valence-corrected chi connectivity index (χ3v) is 2.83. The zero-order chi connectivity index (χ0) is 13.9. The highest BCUT2D eigenvalue weighted by atomic mass is 16.5. The molecule has 0 spiro atoms. The number of aryl methyl sites for hydroxylation is 1. The van der Waals surface area contributed by atoms with Crippen molar-refractivity contribution < 1.29 is 14.6 Å². The summed E-state index contributed by atoms with van der Waals surface area (Å²) in [6.07, 6.45) is 0.663. The molecule has 1 aromatic carbocycles. The highest BCUT2D eigenvalue weighted by molar-refractivity contribution is 5.74. The molecular weight excluding hydrogens is 228 g/mol. The number of carboxylic acids is 1. The second kappa shape index (κ2) is 5.42. The van der Waals surface area contributed by atoms with Gasteiger partial charge in [0.15, 0.2) is 0 Å². The predicted molar refractivity (Wildman–Crippen MR) is 72.1 cm³/mol. The normalized spacial score (nSPS) is 11.7. The van der Waals surface area contributed by atoms with E-state index in [9.17, 15) is 4.79 Å². The van der Waals surface area contributed by atoms with Crippen LogP contribution < -0.4 is 4.74 Å². The molecule has 1 rings (SSSR count). The summed E-state index contributed by atoms with van der Waals surface area (Å²) in [4.78, 5) is 11.1. The molecule has 0 bridgehead atoms. The van der Waals surface area contributed by atoms with Gasteiger partial charge >= 0.3 is 5.97 Å². The van der Waals surface area contributed by atoms with Gasteiger partial charge in [-0.15, -0.1) is 0 Å². The summed E-state index contributed by atoms with van der Waals surface area (Å²) in [5.41, 5.74) is 1.32. The van der Waals surface area contributed by atoms with Gasteiger partial charge in [0.05, 0.1) is 11.5 Å². The Morgan fingerprint density at radius 2 is 2.00 bits per heavy atom. The standard InChI is InChI=1S/C15H22O3/c1-10(2)18-13-7-6-12(8-11(13)3)9-15(4,5)14(16)17/h6-8,10H,9H2,1-5H3,(H,16,17). The molecule has 3 nitrogen and oxygen atoms in total. The average Bonchev–Trinajstić information content (AvgIpc) is 2.21. The molecule has 100 valence electrons. The Bertz CT molecular complexity index is 433. The lowest BCUT2D eigenvalue weighted by Crippen LogP contribution is -2.26. The van der Waals surface area contributed by atoms with Gasteiger partial charge in [-0.05, 0) is 58.2 Å². The molecule has 0 fully saturated rings. The number of hydrogen-bond donors (Lipinski definition) is 1. The van der Waals surface area contributed by atoms with E-state index in [1.807, 2.05) is 39.0 Å². The zero-order valence-electron chi connectivity index (χ0n) is 11.8. The Hall–Kier alpha value is -1.51. The Labute approximate surface area is 109 Å². The molecular formula is C15H22O3. The van der Waals surface area contributed by atoms with Crippen molar-refractivity contribution in [3.05, 3.63) is 29.3 Å². The van der Waals surface area contributed by atoms with Gasteiger partial charge in [0.25, 0.3) is 0 Å². The number of aliphatic carboxylic acids is 1. The number of rotatable bonds is 5. The molecule has 0 unspecified atom stereocenters. The SMILES string of the molecule is Cc1cc(CC(C)(C)C(=O)O)ccc1OC(C)C. The van der Waals surface area contributed by atoms with Crippen LogP contribution in [0.1, 0.15) is 38.8 Å². The summed E-state index contributed by atoms with van der Waals surface area (Å²) in [5.74, 6) is 0.0875. The third kappa shape index (κ3) is 3.76. The van der Waals surface area contributed by atoms with Crippen LogP contribution in [-0.4, -0.2) is 17.2 Å². The summed E-state index contributed by atoms with van der Waals surface area (Å²) in [6, 6.07) is 5.86. The van der Waals surface area contributed by atoms with Crippen LogP contribution in [0.5, 0.6) is 5.75 Å². The van der Waals surface area contributed by atoms with E-state index in [1.54, 1.807) is 13.8 Å². The maximum absolute atomic E-state index is 11.1. The second-order valence-corrected chi connectivity index (χ2v) is 5.63. The number of carbonyl (C=O) groups is 1. The van der Waals surface area contributed by atoms with Crippen LogP contribution in [0, 0.1) is 12.3 Å². The molecule has 0 saturated heterocycles. The summed E-state index contributed by atoms with van der Waals surface area (Å²) in [5, 5.41) is 9.12. The first kappa shape index (κ1) is 14.6. The third-order valence-electron chi connectivity index (χ3n) is 2.83. The van der Waals surface area contributed by atoms with E-state index in [-0.39, 0.29) is 6.10 Å². The predicted octanol–water partition coefficient (Wildman–Crippen LogP) is 3.44. The Morgan fingerprint density at radius 3 is 2.44 bits per heavy atom. The van der Waals surface area contributed by atoms with E-state index in [2.05, 4.69) is 0 Å². The van der Waals surface area contributed by atoms with E-state index in [4.69, 9.17) is 9.84 Å². The number of carboxylic acid groups (broad SMARTS) is 1. The summed E-state index contributed by atoms with van der Waals surface area (Å²) >= 11 is 0. The van der Waals surface area contributed by atoms with Gasteiger partial charge in [-0.2, -0.15) is 0 Å². The highest BCUT2D eigenvalue weighted by Gasteiger charge is 2.27. The quantitative estimate of drug-likeness (QED) is 0.870.